The summed E-state index contributed by atoms with van der Waals surface area (Å²) in [5, 5.41) is 3.92. The lowest BCUT2D eigenvalue weighted by Crippen LogP contribution is -2.31. The number of halogens is 2. The molecule has 2 rings (SSSR count). The summed E-state index contributed by atoms with van der Waals surface area (Å²) in [5.74, 6) is -0.454. The predicted octanol–water partition coefficient (Wildman–Crippen LogP) is 3.58. The molecular weight excluding hydrogens is 377 g/mol. The molecule has 0 saturated carbocycles. The van der Waals surface area contributed by atoms with Crippen LogP contribution >= 0.6 is 23.2 Å². The molecule has 5 nitrogen and oxygen atoms in total. The highest BCUT2D eigenvalue weighted by atomic mass is 35.5. The van der Waals surface area contributed by atoms with Gasteiger partial charge < -0.3 is 14.8 Å². The Hall–Kier alpha value is -2.24. The number of nitrogens with one attached hydrogen (secondary N) is 1. The summed E-state index contributed by atoms with van der Waals surface area (Å²) in [6.45, 7) is 1.62. The zero-order valence-electron chi connectivity index (χ0n) is 14.3. The molecule has 0 radical (unpaired) electrons. The normalized spacial score (nSPS) is 10.3. The summed E-state index contributed by atoms with van der Waals surface area (Å²) in [6, 6.07) is 12.5. The van der Waals surface area contributed by atoms with E-state index in [9.17, 15) is 9.59 Å². The van der Waals surface area contributed by atoms with Crippen LogP contribution in [0.5, 0.6) is 5.75 Å². The second-order valence-electron chi connectivity index (χ2n) is 5.59. The zero-order valence-corrected chi connectivity index (χ0v) is 15.8. The van der Waals surface area contributed by atoms with Crippen LogP contribution in [0.2, 0.25) is 10.0 Å². The molecule has 2 aromatic rings. The molecule has 0 aliphatic heterocycles. The average molecular weight is 396 g/mol. The van der Waals surface area contributed by atoms with Crippen molar-refractivity contribution in [1.82, 2.24) is 5.32 Å². The molecule has 26 heavy (non-hydrogen) atoms. The molecule has 0 unspecified atom stereocenters. The fraction of sp³-hybridized carbons (Fsp3) is 0.263. The minimum atomic E-state index is -0.621. The number of esters is 1. The molecule has 0 fully saturated rings. The zero-order chi connectivity index (χ0) is 18.9. The van der Waals surface area contributed by atoms with E-state index in [0.29, 0.717) is 28.8 Å². The molecule has 0 saturated heterocycles. The maximum atomic E-state index is 11.7. The topological polar surface area (TPSA) is 64.6 Å². The van der Waals surface area contributed by atoms with Gasteiger partial charge in [0.2, 0.25) is 0 Å². The molecule has 0 atom stereocenters. The van der Waals surface area contributed by atoms with Gasteiger partial charge in [0.05, 0.1) is 0 Å². The smallest absolute Gasteiger partial charge is 0.344 e. The third-order valence-corrected chi connectivity index (χ3v) is 3.94. The molecule has 1 N–H and O–H groups in total. The summed E-state index contributed by atoms with van der Waals surface area (Å²) in [4.78, 5) is 23.4. The number of carbonyl (C=O) groups excluding carboxylic acids is 2. The molecule has 2 aromatic carbocycles. The third kappa shape index (κ3) is 6.94. The van der Waals surface area contributed by atoms with Crippen molar-refractivity contribution in [3.05, 3.63) is 63.6 Å². The van der Waals surface area contributed by atoms with Gasteiger partial charge in [0.15, 0.2) is 13.2 Å². The molecule has 138 valence electrons. The Kier molecular flexibility index (Phi) is 7.75. The Balaban J connectivity index is 1.64. The van der Waals surface area contributed by atoms with Gasteiger partial charge in [-0.3, -0.25) is 4.79 Å². The minimum absolute atomic E-state index is 0.279. The third-order valence-electron chi connectivity index (χ3n) is 3.47. The van der Waals surface area contributed by atoms with Gasteiger partial charge in [0, 0.05) is 16.6 Å². The van der Waals surface area contributed by atoms with Gasteiger partial charge in [0.1, 0.15) is 5.75 Å². The largest absolute Gasteiger partial charge is 0.482 e. The van der Waals surface area contributed by atoms with E-state index in [1.54, 1.807) is 24.3 Å². The Bertz CT molecular complexity index is 780. The van der Waals surface area contributed by atoms with Crippen LogP contribution in [-0.2, 0) is 20.7 Å². The van der Waals surface area contributed by atoms with Crippen molar-refractivity contribution in [2.45, 2.75) is 13.3 Å². The number of hydrogen-bond donors (Lipinski definition) is 1. The Morgan fingerprint density at radius 1 is 1.04 bits per heavy atom. The first-order valence-electron chi connectivity index (χ1n) is 8.00. The molecule has 0 heterocycles. The molecule has 0 bridgehead atoms. The van der Waals surface area contributed by atoms with Gasteiger partial charge in [-0.05, 0) is 54.8 Å². The summed E-state index contributed by atoms with van der Waals surface area (Å²) in [5.41, 5.74) is 1.82. The fourth-order valence-corrected chi connectivity index (χ4v) is 2.63. The van der Waals surface area contributed by atoms with Gasteiger partial charge in [-0.15, -0.1) is 0 Å². The van der Waals surface area contributed by atoms with E-state index in [-0.39, 0.29) is 19.1 Å². The monoisotopic (exact) mass is 395 g/mol. The molecule has 7 heteroatoms. The first-order chi connectivity index (χ1) is 12.4. The van der Waals surface area contributed by atoms with E-state index in [0.717, 1.165) is 11.1 Å². The van der Waals surface area contributed by atoms with Gasteiger partial charge in [0.25, 0.3) is 5.91 Å². The predicted molar refractivity (Wildman–Crippen MR) is 101 cm³/mol. The summed E-state index contributed by atoms with van der Waals surface area (Å²) < 4.78 is 10.2. The molecular formula is C19H19Cl2NO4. The summed E-state index contributed by atoms with van der Waals surface area (Å²) in [6.07, 6.45) is 0.638. The maximum absolute atomic E-state index is 11.7. The van der Waals surface area contributed by atoms with E-state index in [2.05, 4.69) is 5.32 Å². The van der Waals surface area contributed by atoms with Gasteiger partial charge in [-0.25, -0.2) is 4.79 Å². The van der Waals surface area contributed by atoms with Crippen LogP contribution in [0.3, 0.4) is 0 Å². The number of carbonyl (C=O) groups is 2. The number of amides is 1. The second-order valence-corrected chi connectivity index (χ2v) is 6.46. The van der Waals surface area contributed by atoms with Crippen LogP contribution in [0.4, 0.5) is 0 Å². The highest BCUT2D eigenvalue weighted by Crippen LogP contribution is 2.21. The SMILES string of the molecule is Cc1cc(Cl)ccc1OCC(=O)OCC(=O)NCCc1cccc(Cl)c1. The lowest BCUT2D eigenvalue weighted by atomic mass is 10.1. The number of benzene rings is 2. The number of hydrogen-bond acceptors (Lipinski definition) is 4. The van der Waals surface area contributed by atoms with Crippen LogP contribution in [0.1, 0.15) is 11.1 Å². The Morgan fingerprint density at radius 3 is 2.54 bits per heavy atom. The molecule has 0 spiro atoms. The second kappa shape index (κ2) is 10.0. The van der Waals surface area contributed by atoms with Crippen molar-refractivity contribution < 1.29 is 19.1 Å². The number of ether oxygens (including phenoxy) is 2. The van der Waals surface area contributed by atoms with Crippen LogP contribution in [0, 0.1) is 6.92 Å². The molecule has 0 aliphatic rings. The lowest BCUT2D eigenvalue weighted by Gasteiger charge is -2.10. The number of rotatable bonds is 8. The van der Waals surface area contributed by atoms with Crippen LogP contribution in [0.25, 0.3) is 0 Å². The van der Waals surface area contributed by atoms with Gasteiger partial charge in [-0.1, -0.05) is 35.3 Å². The summed E-state index contributed by atoms with van der Waals surface area (Å²) >= 11 is 11.8. The van der Waals surface area contributed by atoms with Crippen LogP contribution < -0.4 is 10.1 Å². The van der Waals surface area contributed by atoms with E-state index < -0.39 is 5.97 Å². The summed E-state index contributed by atoms with van der Waals surface area (Å²) in [7, 11) is 0. The van der Waals surface area contributed by atoms with E-state index in [1.807, 2.05) is 25.1 Å². The average Bonchev–Trinajstić information content (AvgIpc) is 2.59. The first-order valence-corrected chi connectivity index (χ1v) is 8.75. The van der Waals surface area contributed by atoms with Crippen LogP contribution in [-0.4, -0.2) is 31.6 Å². The quantitative estimate of drug-likeness (QED) is 0.693. The van der Waals surface area contributed by atoms with Crippen LogP contribution in [0.15, 0.2) is 42.5 Å². The highest BCUT2D eigenvalue weighted by molar-refractivity contribution is 6.30. The first kappa shape index (κ1) is 20.1. The Labute approximate surface area is 162 Å². The maximum Gasteiger partial charge on any atom is 0.344 e. The van der Waals surface area contributed by atoms with E-state index in [1.165, 1.54) is 0 Å². The van der Waals surface area contributed by atoms with E-state index >= 15 is 0 Å². The molecule has 0 aromatic heterocycles. The van der Waals surface area contributed by atoms with Crippen molar-refractivity contribution in [3.8, 4) is 5.75 Å². The fourth-order valence-electron chi connectivity index (χ4n) is 2.19. The van der Waals surface area contributed by atoms with Crippen molar-refractivity contribution in [1.29, 1.82) is 0 Å². The van der Waals surface area contributed by atoms with Crippen molar-refractivity contribution in [2.24, 2.45) is 0 Å². The minimum Gasteiger partial charge on any atom is -0.482 e. The highest BCUT2D eigenvalue weighted by Gasteiger charge is 2.09. The van der Waals surface area contributed by atoms with E-state index in [4.69, 9.17) is 32.7 Å². The van der Waals surface area contributed by atoms with Gasteiger partial charge in [-0.2, -0.15) is 0 Å². The Morgan fingerprint density at radius 2 is 1.81 bits per heavy atom. The lowest BCUT2D eigenvalue weighted by molar-refractivity contribution is -0.150. The van der Waals surface area contributed by atoms with Crippen molar-refractivity contribution in [2.75, 3.05) is 19.8 Å². The van der Waals surface area contributed by atoms with Crippen molar-refractivity contribution in [3.63, 3.8) is 0 Å². The van der Waals surface area contributed by atoms with Crippen molar-refractivity contribution >= 4 is 35.1 Å². The standard InChI is InChI=1S/C19H19Cl2NO4/c1-13-9-16(21)5-6-17(13)25-12-19(24)26-11-18(23)22-8-7-14-3-2-4-15(20)10-14/h2-6,9-10H,7-8,11-12H2,1H3,(H,22,23). The van der Waals surface area contributed by atoms with Gasteiger partial charge >= 0.3 is 5.97 Å². The molecule has 0 aliphatic carbocycles. The number of aryl methyl sites for hydroxylation is 1. The molecule has 1 amide bonds.